The molecule has 1 aromatic rings. The number of halogens is 1. The van der Waals surface area contributed by atoms with E-state index in [-0.39, 0.29) is 24.7 Å². The molecule has 20 heavy (non-hydrogen) atoms. The van der Waals surface area contributed by atoms with Gasteiger partial charge in [-0.05, 0) is 24.3 Å². The number of anilines is 1. The number of rotatable bonds is 7. The van der Waals surface area contributed by atoms with E-state index in [1.54, 1.807) is 24.3 Å². The molecule has 110 valence electrons. The van der Waals surface area contributed by atoms with Gasteiger partial charge in [0, 0.05) is 23.6 Å². The fourth-order valence-corrected chi connectivity index (χ4v) is 1.65. The van der Waals surface area contributed by atoms with E-state index in [0.717, 1.165) is 6.54 Å². The maximum absolute atomic E-state index is 11.7. The summed E-state index contributed by atoms with van der Waals surface area (Å²) < 4.78 is 0. The Morgan fingerprint density at radius 3 is 2.30 bits per heavy atom. The van der Waals surface area contributed by atoms with Gasteiger partial charge >= 0.3 is 0 Å². The number of carbonyl (C=O) groups is 2. The highest BCUT2D eigenvalue weighted by molar-refractivity contribution is 6.30. The van der Waals surface area contributed by atoms with Crippen molar-refractivity contribution in [3.05, 3.63) is 29.3 Å². The first-order valence-electron chi connectivity index (χ1n) is 6.58. The van der Waals surface area contributed by atoms with Gasteiger partial charge in [-0.15, -0.1) is 0 Å². The third kappa shape index (κ3) is 7.11. The summed E-state index contributed by atoms with van der Waals surface area (Å²) >= 11 is 5.75. The second kappa shape index (κ2) is 8.55. The molecule has 0 aliphatic heterocycles. The summed E-state index contributed by atoms with van der Waals surface area (Å²) in [7, 11) is 4.04. The minimum absolute atomic E-state index is 0.0995. The molecule has 0 aromatic heterocycles. The monoisotopic (exact) mass is 298 g/mol. The average Bonchev–Trinajstić information content (AvgIpc) is 2.39. The van der Waals surface area contributed by atoms with Gasteiger partial charge in [-0.25, -0.2) is 0 Å². The fraction of sp³-hybridized carbons (Fsp3) is 0.429. The highest BCUT2D eigenvalue weighted by Gasteiger charge is 2.07. The van der Waals surface area contributed by atoms with Gasteiger partial charge in [0.25, 0.3) is 0 Å². The molecule has 0 aliphatic rings. The van der Waals surface area contributed by atoms with Crippen LogP contribution in [0.2, 0.25) is 5.02 Å². The van der Waals surface area contributed by atoms with Crippen LogP contribution < -0.4 is 15.5 Å². The van der Waals surface area contributed by atoms with Crippen LogP contribution >= 0.6 is 11.6 Å². The lowest BCUT2D eigenvalue weighted by molar-refractivity contribution is -0.856. The number of hydrogen-bond donors (Lipinski definition) is 3. The van der Waals surface area contributed by atoms with Crippen molar-refractivity contribution in [3.63, 3.8) is 0 Å². The zero-order valence-electron chi connectivity index (χ0n) is 11.8. The van der Waals surface area contributed by atoms with Crippen LogP contribution in [-0.4, -0.2) is 39.0 Å². The molecule has 1 aromatic carbocycles. The summed E-state index contributed by atoms with van der Waals surface area (Å²) in [5.74, 6) is -0.279. The Balaban J connectivity index is 2.22. The van der Waals surface area contributed by atoms with Crippen LogP contribution in [0.3, 0.4) is 0 Å². The maximum atomic E-state index is 11.7. The number of nitrogens with one attached hydrogen (secondary N) is 3. The Hall–Kier alpha value is -1.59. The van der Waals surface area contributed by atoms with Crippen molar-refractivity contribution in [2.24, 2.45) is 0 Å². The highest BCUT2D eigenvalue weighted by Crippen LogP contribution is 2.13. The normalized spacial score (nSPS) is 10.4. The van der Waals surface area contributed by atoms with E-state index in [2.05, 4.69) is 10.6 Å². The van der Waals surface area contributed by atoms with Crippen LogP contribution in [0.4, 0.5) is 5.69 Å². The number of hydrogen-bond acceptors (Lipinski definition) is 2. The second-order valence-electron chi connectivity index (χ2n) is 4.86. The van der Waals surface area contributed by atoms with Gasteiger partial charge in [-0.1, -0.05) is 11.6 Å². The Kier molecular flexibility index (Phi) is 7.04. The lowest BCUT2D eigenvalue weighted by atomic mass is 10.2. The number of benzene rings is 1. The SMILES string of the molecule is C[NH+](C)CCNC(=O)CCC(=O)Nc1ccc(Cl)cc1. The van der Waals surface area contributed by atoms with E-state index < -0.39 is 0 Å². The van der Waals surface area contributed by atoms with Crippen LogP contribution in [0, 0.1) is 0 Å². The third-order valence-corrected chi connectivity index (χ3v) is 2.91. The van der Waals surface area contributed by atoms with E-state index >= 15 is 0 Å². The molecular formula is C14H21ClN3O2+. The molecule has 0 saturated heterocycles. The van der Waals surface area contributed by atoms with Gasteiger partial charge in [0.15, 0.2) is 0 Å². The van der Waals surface area contributed by atoms with Crippen molar-refractivity contribution in [1.82, 2.24) is 5.32 Å². The molecule has 6 heteroatoms. The molecule has 0 atom stereocenters. The van der Waals surface area contributed by atoms with Crippen LogP contribution in [-0.2, 0) is 9.59 Å². The zero-order valence-corrected chi connectivity index (χ0v) is 12.6. The number of carbonyl (C=O) groups excluding carboxylic acids is 2. The summed E-state index contributed by atoms with van der Waals surface area (Å²) in [6, 6.07) is 6.85. The van der Waals surface area contributed by atoms with E-state index in [1.165, 1.54) is 4.90 Å². The fourth-order valence-electron chi connectivity index (χ4n) is 1.52. The lowest BCUT2D eigenvalue weighted by Crippen LogP contribution is -3.06. The third-order valence-electron chi connectivity index (χ3n) is 2.65. The van der Waals surface area contributed by atoms with Crippen molar-refractivity contribution in [2.75, 3.05) is 32.5 Å². The first-order valence-corrected chi connectivity index (χ1v) is 6.96. The van der Waals surface area contributed by atoms with E-state index in [9.17, 15) is 9.59 Å². The molecule has 0 spiro atoms. The molecule has 0 radical (unpaired) electrons. The first kappa shape index (κ1) is 16.5. The molecule has 1 rings (SSSR count). The van der Waals surface area contributed by atoms with Gasteiger partial charge in [0.2, 0.25) is 11.8 Å². The highest BCUT2D eigenvalue weighted by atomic mass is 35.5. The molecule has 0 aliphatic carbocycles. The van der Waals surface area contributed by atoms with E-state index in [4.69, 9.17) is 11.6 Å². The minimum Gasteiger partial charge on any atom is -0.350 e. The standard InChI is InChI=1S/C14H20ClN3O2/c1-18(2)10-9-16-13(19)7-8-14(20)17-12-5-3-11(15)4-6-12/h3-6H,7-10H2,1-2H3,(H,16,19)(H,17,20)/p+1. The van der Waals surface area contributed by atoms with Crippen LogP contribution in [0.25, 0.3) is 0 Å². The Bertz CT molecular complexity index is 446. The van der Waals surface area contributed by atoms with Crippen molar-refractivity contribution in [3.8, 4) is 0 Å². The Labute approximate surface area is 124 Å². The van der Waals surface area contributed by atoms with Crippen molar-refractivity contribution >= 4 is 29.1 Å². The predicted octanol–water partition coefficient (Wildman–Crippen LogP) is 0.319. The van der Waals surface area contributed by atoms with Gasteiger partial charge < -0.3 is 15.5 Å². The topological polar surface area (TPSA) is 62.6 Å². The molecule has 0 unspecified atom stereocenters. The molecule has 3 N–H and O–H groups in total. The lowest BCUT2D eigenvalue weighted by Gasteiger charge is -2.08. The predicted molar refractivity (Wildman–Crippen MR) is 80.0 cm³/mol. The van der Waals surface area contributed by atoms with Gasteiger partial charge in [0.05, 0.1) is 27.2 Å². The molecule has 0 saturated carbocycles. The largest absolute Gasteiger partial charge is 0.350 e. The molecule has 0 bridgehead atoms. The van der Waals surface area contributed by atoms with Crippen molar-refractivity contribution in [1.29, 1.82) is 0 Å². The second-order valence-corrected chi connectivity index (χ2v) is 5.30. The van der Waals surface area contributed by atoms with Gasteiger partial charge in [0.1, 0.15) is 0 Å². The molecule has 2 amide bonds. The number of amides is 2. The molecule has 5 nitrogen and oxygen atoms in total. The summed E-state index contributed by atoms with van der Waals surface area (Å²) in [6.07, 6.45) is 0.367. The van der Waals surface area contributed by atoms with Crippen molar-refractivity contribution < 1.29 is 14.5 Å². The average molecular weight is 299 g/mol. The van der Waals surface area contributed by atoms with Crippen LogP contribution in [0.5, 0.6) is 0 Å². The number of quaternary nitrogens is 1. The van der Waals surface area contributed by atoms with E-state index in [1.807, 2.05) is 14.1 Å². The Morgan fingerprint density at radius 2 is 1.70 bits per heavy atom. The zero-order chi connectivity index (χ0) is 15.0. The summed E-state index contributed by atoms with van der Waals surface area (Å²) in [5, 5.41) is 6.12. The van der Waals surface area contributed by atoms with E-state index in [0.29, 0.717) is 17.3 Å². The molecule has 0 heterocycles. The Morgan fingerprint density at radius 1 is 1.10 bits per heavy atom. The van der Waals surface area contributed by atoms with Crippen LogP contribution in [0.1, 0.15) is 12.8 Å². The smallest absolute Gasteiger partial charge is 0.224 e. The summed E-state index contributed by atoms with van der Waals surface area (Å²) in [6.45, 7) is 1.49. The summed E-state index contributed by atoms with van der Waals surface area (Å²) in [4.78, 5) is 24.4. The summed E-state index contributed by atoms with van der Waals surface area (Å²) in [5.41, 5.74) is 0.677. The number of likely N-dealkylation sites (N-methyl/N-ethyl adjacent to an activating group) is 1. The van der Waals surface area contributed by atoms with Gasteiger partial charge in [-0.3, -0.25) is 9.59 Å². The molecular weight excluding hydrogens is 278 g/mol. The van der Waals surface area contributed by atoms with Crippen LogP contribution in [0.15, 0.2) is 24.3 Å². The maximum Gasteiger partial charge on any atom is 0.224 e. The van der Waals surface area contributed by atoms with Crippen molar-refractivity contribution in [2.45, 2.75) is 12.8 Å². The van der Waals surface area contributed by atoms with Gasteiger partial charge in [-0.2, -0.15) is 0 Å². The minimum atomic E-state index is -0.180. The first-order chi connectivity index (χ1) is 9.47. The quantitative estimate of drug-likeness (QED) is 0.679. The molecule has 0 fully saturated rings.